The number of halogens is 1. The van der Waals surface area contributed by atoms with Gasteiger partial charge < -0.3 is 9.47 Å². The minimum absolute atomic E-state index is 0.176. The fourth-order valence-electron chi connectivity index (χ4n) is 3.02. The lowest BCUT2D eigenvalue weighted by Gasteiger charge is -2.50. The third-order valence-electron chi connectivity index (χ3n) is 6.38. The van der Waals surface area contributed by atoms with Crippen molar-refractivity contribution in [3.63, 3.8) is 0 Å². The van der Waals surface area contributed by atoms with Crippen LogP contribution in [0.2, 0.25) is 0 Å². The topological polar surface area (TPSA) is 61.8 Å². The van der Waals surface area contributed by atoms with E-state index in [1.807, 2.05) is 0 Å². The molecule has 0 spiro atoms. The molecule has 0 amide bonds. The highest BCUT2D eigenvalue weighted by Gasteiger charge is 2.50. The largest absolute Gasteiger partial charge is 0.462 e. The van der Waals surface area contributed by atoms with E-state index >= 15 is 0 Å². The fraction of sp³-hybridized carbons (Fsp3) is 0.750. The van der Waals surface area contributed by atoms with Crippen LogP contribution in [0.3, 0.4) is 0 Å². The van der Waals surface area contributed by atoms with Crippen LogP contribution in [0.4, 0.5) is 0 Å². The monoisotopic (exact) mass is 568 g/mol. The Kier molecular flexibility index (Phi) is 12.1. The number of ether oxygens (including phenoxy) is 2. The molecule has 0 aliphatic rings. The maximum absolute atomic E-state index is 11.6. The molecule has 186 valence electrons. The Hall–Kier alpha value is -0.970. The first-order chi connectivity index (χ1) is 14.4. The summed E-state index contributed by atoms with van der Waals surface area (Å²) in [6.45, 7) is 18.4. The van der Waals surface area contributed by atoms with Crippen molar-refractivity contribution in [2.45, 2.75) is 65.1 Å². The summed E-state index contributed by atoms with van der Waals surface area (Å²) < 4.78 is 12.3. The molecule has 0 radical (unpaired) electrons. The molecule has 0 saturated carbocycles. The number of carbonyl (C=O) groups excluding carboxylic acids is 2. The number of hydrogen-bond donors (Lipinski definition) is 0. The zero-order chi connectivity index (χ0) is 25.4. The Bertz CT molecular complexity index is 688. The molecule has 1 unspecified atom stereocenters. The molecule has 0 N–H and O–H groups in total. The summed E-state index contributed by atoms with van der Waals surface area (Å²) in [7, 11) is 8.40. The van der Waals surface area contributed by atoms with Crippen molar-refractivity contribution < 1.29 is 33.0 Å². The van der Waals surface area contributed by atoms with Crippen LogP contribution in [0.1, 0.15) is 53.9 Å². The number of alkyl halides is 1. The lowest BCUT2D eigenvalue weighted by Crippen LogP contribution is -2.68. The maximum atomic E-state index is 11.6. The third-order valence-corrected chi connectivity index (χ3v) is 8.03. The molecule has 0 saturated heterocycles. The predicted octanol–water partition coefficient (Wildman–Crippen LogP) is 4.41. The Labute approximate surface area is 209 Å². The van der Waals surface area contributed by atoms with Gasteiger partial charge in [-0.2, -0.15) is 4.65 Å². The van der Waals surface area contributed by atoms with Crippen molar-refractivity contribution in [2.24, 2.45) is 0 Å². The van der Waals surface area contributed by atoms with Crippen LogP contribution in [-0.2, 0) is 23.9 Å². The molecule has 0 aromatic carbocycles. The summed E-state index contributed by atoms with van der Waals surface area (Å²) in [6.07, 6.45) is 2.31. The minimum Gasteiger partial charge on any atom is -0.462 e. The average molecular weight is 569 g/mol. The molecule has 0 aromatic heterocycles. The van der Waals surface area contributed by atoms with E-state index in [9.17, 15) is 9.59 Å². The SMILES string of the molecule is C=C(C)C(=O)OCCCC(C)(CI)[N+](C)(C)OC(C)(C)[N+](C)(C)CCCOC(=O)C(=C)C. The van der Waals surface area contributed by atoms with Gasteiger partial charge in [0.25, 0.3) is 0 Å². The summed E-state index contributed by atoms with van der Waals surface area (Å²) in [6, 6.07) is 0. The van der Waals surface area contributed by atoms with Gasteiger partial charge in [0.1, 0.15) is 5.54 Å². The first-order valence-corrected chi connectivity index (χ1v) is 12.5. The van der Waals surface area contributed by atoms with Gasteiger partial charge >= 0.3 is 11.9 Å². The number of rotatable bonds is 15. The van der Waals surface area contributed by atoms with Gasteiger partial charge in [0.15, 0.2) is 0 Å². The molecule has 32 heavy (non-hydrogen) atoms. The molecular formula is C24H45IN2O5+2. The molecule has 0 bridgehead atoms. The van der Waals surface area contributed by atoms with Crippen molar-refractivity contribution in [2.75, 3.05) is 52.4 Å². The highest BCUT2D eigenvalue weighted by molar-refractivity contribution is 14.1. The van der Waals surface area contributed by atoms with Crippen molar-refractivity contribution >= 4 is 34.5 Å². The second kappa shape index (κ2) is 12.5. The van der Waals surface area contributed by atoms with Gasteiger partial charge in [0.05, 0.1) is 52.4 Å². The van der Waals surface area contributed by atoms with Crippen LogP contribution in [0.15, 0.2) is 24.3 Å². The standard InChI is InChI=1S/C24H45IN2O5/c1-19(2)21(28)30-16-12-14-24(7,18-25)27(10,11)32-23(5,6)26(8,9)15-13-17-31-22(29)20(3)4/h1,3,12-18H2,2,4-11H3/q+2. The number of hydroxylamine groups is 3. The van der Waals surface area contributed by atoms with Gasteiger partial charge in [0, 0.05) is 37.8 Å². The molecule has 0 fully saturated rings. The van der Waals surface area contributed by atoms with Gasteiger partial charge in [-0.15, -0.1) is 4.84 Å². The molecule has 1 atom stereocenters. The second-order valence-corrected chi connectivity index (χ2v) is 11.0. The molecule has 7 nitrogen and oxygen atoms in total. The van der Waals surface area contributed by atoms with Gasteiger partial charge in [-0.1, -0.05) is 35.7 Å². The number of carbonyl (C=O) groups is 2. The zero-order valence-electron chi connectivity index (χ0n) is 21.7. The highest BCUT2D eigenvalue weighted by atomic mass is 127. The Balaban J connectivity index is 5.05. The number of nitrogens with zero attached hydrogens (tertiary/aromatic N) is 2. The molecular weight excluding hydrogens is 523 g/mol. The number of quaternary nitrogens is 2. The van der Waals surface area contributed by atoms with Crippen LogP contribution >= 0.6 is 22.6 Å². The number of esters is 2. The van der Waals surface area contributed by atoms with Crippen LogP contribution in [0, 0.1) is 0 Å². The van der Waals surface area contributed by atoms with Crippen LogP contribution in [0.5, 0.6) is 0 Å². The van der Waals surface area contributed by atoms with E-state index in [4.69, 9.17) is 14.3 Å². The Morgan fingerprint density at radius 2 is 1.31 bits per heavy atom. The van der Waals surface area contributed by atoms with E-state index in [1.165, 1.54) is 0 Å². The van der Waals surface area contributed by atoms with Crippen molar-refractivity contribution in [1.29, 1.82) is 0 Å². The lowest BCUT2D eigenvalue weighted by atomic mass is 9.96. The van der Waals surface area contributed by atoms with Crippen molar-refractivity contribution in [3.05, 3.63) is 24.3 Å². The number of hydrogen-bond acceptors (Lipinski definition) is 5. The Morgan fingerprint density at radius 3 is 1.72 bits per heavy atom. The first kappa shape index (κ1) is 31.0. The summed E-state index contributed by atoms with van der Waals surface area (Å²) in [5.41, 5.74) is 0.150. The predicted molar refractivity (Wildman–Crippen MR) is 137 cm³/mol. The summed E-state index contributed by atoms with van der Waals surface area (Å²) >= 11 is 2.40. The average Bonchev–Trinajstić information content (AvgIpc) is 2.66. The highest BCUT2D eigenvalue weighted by Crippen LogP contribution is 2.35. The van der Waals surface area contributed by atoms with E-state index < -0.39 is 5.72 Å². The van der Waals surface area contributed by atoms with Gasteiger partial charge in [-0.3, -0.25) is 4.48 Å². The minimum atomic E-state index is -0.499. The molecule has 0 aromatic rings. The fourth-order valence-corrected chi connectivity index (χ4v) is 4.22. The van der Waals surface area contributed by atoms with Crippen LogP contribution in [0.25, 0.3) is 0 Å². The van der Waals surface area contributed by atoms with Crippen molar-refractivity contribution in [1.82, 2.24) is 0 Å². The molecule has 8 heteroatoms. The van der Waals surface area contributed by atoms with Crippen LogP contribution in [-0.4, -0.2) is 84.7 Å². The van der Waals surface area contributed by atoms with Gasteiger partial charge in [-0.05, 0) is 27.2 Å². The smallest absolute Gasteiger partial charge is 0.333 e. The van der Waals surface area contributed by atoms with Gasteiger partial charge in [0.2, 0.25) is 5.72 Å². The zero-order valence-corrected chi connectivity index (χ0v) is 23.8. The quantitative estimate of drug-likeness (QED) is 0.0428. The van der Waals surface area contributed by atoms with E-state index in [-0.39, 0.29) is 17.5 Å². The lowest BCUT2D eigenvalue weighted by molar-refractivity contribution is -1.17. The van der Waals surface area contributed by atoms with E-state index in [2.05, 4.69) is 84.7 Å². The first-order valence-electron chi connectivity index (χ1n) is 11.0. The molecule has 0 aliphatic carbocycles. The Morgan fingerprint density at radius 1 is 0.875 bits per heavy atom. The third kappa shape index (κ3) is 9.11. The molecule has 0 aliphatic heterocycles. The van der Waals surface area contributed by atoms with Crippen molar-refractivity contribution in [3.8, 4) is 0 Å². The summed E-state index contributed by atoms with van der Waals surface area (Å²) in [5, 5.41) is 0. The normalized spacial score (nSPS) is 14.4. The molecule has 0 rings (SSSR count). The van der Waals surface area contributed by atoms with Gasteiger partial charge in [-0.25, -0.2) is 9.59 Å². The second-order valence-electron chi connectivity index (χ2n) is 10.2. The summed E-state index contributed by atoms with van der Waals surface area (Å²) in [5.74, 6) is -0.698. The maximum Gasteiger partial charge on any atom is 0.333 e. The van der Waals surface area contributed by atoms with E-state index in [0.717, 1.165) is 30.2 Å². The summed E-state index contributed by atoms with van der Waals surface area (Å²) in [4.78, 5) is 30.0. The van der Waals surface area contributed by atoms with E-state index in [1.54, 1.807) is 13.8 Å². The van der Waals surface area contributed by atoms with E-state index in [0.29, 0.717) is 33.5 Å². The molecule has 0 heterocycles. The van der Waals surface area contributed by atoms with Crippen LogP contribution < -0.4 is 0 Å².